The van der Waals surface area contributed by atoms with Gasteiger partial charge in [-0.15, -0.1) is 0 Å². The highest BCUT2D eigenvalue weighted by Gasteiger charge is 2.36. The van der Waals surface area contributed by atoms with Gasteiger partial charge in [-0.3, -0.25) is 9.59 Å². The average molecular weight is 351 g/mol. The number of anilines is 1. The van der Waals surface area contributed by atoms with E-state index in [0.717, 1.165) is 16.9 Å². The molecule has 1 saturated heterocycles. The fourth-order valence-corrected chi connectivity index (χ4v) is 3.64. The van der Waals surface area contributed by atoms with Gasteiger partial charge in [-0.05, 0) is 35.4 Å². The van der Waals surface area contributed by atoms with Gasteiger partial charge in [0.15, 0.2) is 11.5 Å². The molecule has 5 rings (SSSR count). The van der Waals surface area contributed by atoms with Gasteiger partial charge in [0.05, 0.1) is 11.3 Å². The van der Waals surface area contributed by atoms with Gasteiger partial charge in [0, 0.05) is 19.6 Å². The number of fused-ring (bicyclic) bond motifs is 3. The minimum atomic E-state index is -0.474. The molecule has 2 N–H and O–H groups in total. The van der Waals surface area contributed by atoms with Crippen LogP contribution in [0.1, 0.15) is 10.4 Å². The van der Waals surface area contributed by atoms with Gasteiger partial charge < -0.3 is 25.0 Å². The van der Waals surface area contributed by atoms with Gasteiger partial charge in [0.25, 0.3) is 5.91 Å². The fraction of sp³-hybridized carbons (Fsp3) is 0.263. The molecule has 7 heteroatoms. The fourth-order valence-electron chi connectivity index (χ4n) is 3.64. The highest BCUT2D eigenvalue weighted by atomic mass is 16.7. The van der Waals surface area contributed by atoms with E-state index in [9.17, 15) is 9.59 Å². The summed E-state index contributed by atoms with van der Waals surface area (Å²) in [7, 11) is 0. The van der Waals surface area contributed by atoms with Gasteiger partial charge in [0.2, 0.25) is 12.7 Å². The second kappa shape index (κ2) is 5.74. The Balaban J connectivity index is 1.57. The van der Waals surface area contributed by atoms with E-state index in [0.29, 0.717) is 36.6 Å². The van der Waals surface area contributed by atoms with E-state index in [1.165, 1.54) is 0 Å². The van der Waals surface area contributed by atoms with Crippen molar-refractivity contribution in [1.82, 2.24) is 10.2 Å². The average Bonchev–Trinajstić information content (AvgIpc) is 3.11. The Hall–Kier alpha value is -3.06. The number of nitrogens with zero attached hydrogens (tertiary/aromatic N) is 1. The summed E-state index contributed by atoms with van der Waals surface area (Å²) in [5.41, 5.74) is 2.88. The number of carbonyl (C=O) groups excluding carboxylic acids is 2. The molecule has 0 unspecified atom stereocenters. The van der Waals surface area contributed by atoms with Crippen molar-refractivity contribution < 1.29 is 19.1 Å². The minimum Gasteiger partial charge on any atom is -0.454 e. The molecular weight excluding hydrogens is 334 g/mol. The molecule has 3 aliphatic heterocycles. The third kappa shape index (κ3) is 2.32. The van der Waals surface area contributed by atoms with Crippen LogP contribution in [-0.4, -0.2) is 49.2 Å². The van der Waals surface area contributed by atoms with Crippen molar-refractivity contribution in [3.8, 4) is 22.6 Å². The molecule has 0 saturated carbocycles. The first-order chi connectivity index (χ1) is 12.7. The third-order valence-electron chi connectivity index (χ3n) is 5.02. The molecule has 2 aromatic carbocycles. The summed E-state index contributed by atoms with van der Waals surface area (Å²) in [5, 5.41) is 6.06. The number of carbonyl (C=O) groups is 2. The molecule has 3 aliphatic rings. The van der Waals surface area contributed by atoms with Crippen LogP contribution in [0.2, 0.25) is 0 Å². The van der Waals surface area contributed by atoms with Crippen LogP contribution < -0.4 is 20.1 Å². The molecule has 26 heavy (non-hydrogen) atoms. The molecule has 0 bridgehead atoms. The molecule has 132 valence electrons. The number of hydrogen-bond acceptors (Lipinski definition) is 5. The summed E-state index contributed by atoms with van der Waals surface area (Å²) in [6, 6.07) is 10.7. The molecule has 1 atom stereocenters. The molecule has 2 aromatic rings. The van der Waals surface area contributed by atoms with Crippen molar-refractivity contribution in [3.63, 3.8) is 0 Å². The topological polar surface area (TPSA) is 79.9 Å². The number of ether oxygens (including phenoxy) is 2. The maximum absolute atomic E-state index is 13.0. The van der Waals surface area contributed by atoms with E-state index in [4.69, 9.17) is 9.47 Å². The maximum Gasteiger partial charge on any atom is 0.256 e. The largest absolute Gasteiger partial charge is 0.454 e. The zero-order valence-corrected chi connectivity index (χ0v) is 14.0. The molecule has 7 nitrogen and oxygen atoms in total. The molecular formula is C19H17N3O4. The van der Waals surface area contributed by atoms with E-state index in [-0.39, 0.29) is 18.6 Å². The second-order valence-electron chi connectivity index (χ2n) is 6.54. The molecule has 0 radical (unpaired) electrons. The highest BCUT2D eigenvalue weighted by Crippen LogP contribution is 2.37. The minimum absolute atomic E-state index is 0.118. The summed E-state index contributed by atoms with van der Waals surface area (Å²) < 4.78 is 10.8. The number of nitrogens with one attached hydrogen (secondary N) is 2. The number of benzene rings is 2. The zero-order valence-electron chi connectivity index (χ0n) is 14.0. The molecule has 2 amide bonds. The monoisotopic (exact) mass is 351 g/mol. The SMILES string of the molecule is O=C1Nc2ccc(-c3ccc4c(c3)OCO4)cc2C(=O)N2CCNC[C@H]12. The van der Waals surface area contributed by atoms with E-state index < -0.39 is 6.04 Å². The van der Waals surface area contributed by atoms with E-state index in [1.807, 2.05) is 30.3 Å². The Bertz CT molecular complexity index is 927. The van der Waals surface area contributed by atoms with Crippen LogP contribution in [0.5, 0.6) is 11.5 Å². The van der Waals surface area contributed by atoms with Crippen LogP contribution in [-0.2, 0) is 4.79 Å². The van der Waals surface area contributed by atoms with Crippen LogP contribution >= 0.6 is 0 Å². The van der Waals surface area contributed by atoms with Gasteiger partial charge >= 0.3 is 0 Å². The number of amides is 2. The number of hydrogen-bond donors (Lipinski definition) is 2. The van der Waals surface area contributed by atoms with Crippen LogP contribution in [0.4, 0.5) is 5.69 Å². The first kappa shape index (κ1) is 15.2. The molecule has 3 heterocycles. The van der Waals surface area contributed by atoms with Gasteiger partial charge in [-0.25, -0.2) is 0 Å². The standard InChI is InChI=1S/C19H17N3O4/c23-18-15-9-20-5-6-22(15)19(24)13-7-11(1-3-14(13)21-18)12-2-4-16-17(8-12)26-10-25-16/h1-4,7-8,15,20H,5-6,9-10H2,(H,21,23)/t15-/m1/s1. The van der Waals surface area contributed by atoms with Crippen molar-refractivity contribution in [3.05, 3.63) is 42.0 Å². The quantitative estimate of drug-likeness (QED) is 0.813. The lowest BCUT2D eigenvalue weighted by Crippen LogP contribution is -2.57. The summed E-state index contributed by atoms with van der Waals surface area (Å²) in [6.45, 7) is 1.90. The third-order valence-corrected chi connectivity index (χ3v) is 5.02. The predicted molar refractivity (Wildman–Crippen MR) is 94.3 cm³/mol. The molecule has 0 aromatic heterocycles. The maximum atomic E-state index is 13.0. The molecule has 1 fully saturated rings. The van der Waals surface area contributed by atoms with Crippen molar-refractivity contribution >= 4 is 17.5 Å². The lowest BCUT2D eigenvalue weighted by molar-refractivity contribution is -0.120. The molecule has 0 spiro atoms. The lowest BCUT2D eigenvalue weighted by Gasteiger charge is -2.33. The smallest absolute Gasteiger partial charge is 0.256 e. The summed E-state index contributed by atoms with van der Waals surface area (Å²) in [6.07, 6.45) is 0. The Morgan fingerprint density at radius 3 is 2.73 bits per heavy atom. The van der Waals surface area contributed by atoms with E-state index in [2.05, 4.69) is 10.6 Å². The Labute approximate surface area is 149 Å². The normalized spacial score (nSPS) is 20.9. The van der Waals surface area contributed by atoms with Crippen molar-refractivity contribution in [2.45, 2.75) is 6.04 Å². The Morgan fingerprint density at radius 2 is 1.81 bits per heavy atom. The van der Waals surface area contributed by atoms with Gasteiger partial charge in [-0.2, -0.15) is 0 Å². The van der Waals surface area contributed by atoms with Crippen LogP contribution in [0.25, 0.3) is 11.1 Å². The van der Waals surface area contributed by atoms with Crippen molar-refractivity contribution in [2.75, 3.05) is 31.7 Å². The Kier molecular flexibility index (Phi) is 3.36. The van der Waals surface area contributed by atoms with Gasteiger partial charge in [-0.1, -0.05) is 12.1 Å². The lowest BCUT2D eigenvalue weighted by atomic mass is 10.0. The summed E-state index contributed by atoms with van der Waals surface area (Å²) in [4.78, 5) is 27.2. The second-order valence-corrected chi connectivity index (χ2v) is 6.54. The van der Waals surface area contributed by atoms with Crippen LogP contribution in [0.15, 0.2) is 36.4 Å². The van der Waals surface area contributed by atoms with Crippen molar-refractivity contribution in [1.29, 1.82) is 0 Å². The van der Waals surface area contributed by atoms with E-state index >= 15 is 0 Å². The molecule has 0 aliphatic carbocycles. The first-order valence-corrected chi connectivity index (χ1v) is 8.57. The predicted octanol–water partition coefficient (Wildman–Crippen LogP) is 1.45. The Morgan fingerprint density at radius 1 is 1.00 bits per heavy atom. The van der Waals surface area contributed by atoms with Crippen LogP contribution in [0, 0.1) is 0 Å². The summed E-state index contributed by atoms with van der Waals surface area (Å²) >= 11 is 0. The zero-order chi connectivity index (χ0) is 17.7. The van der Waals surface area contributed by atoms with Crippen molar-refractivity contribution in [2.24, 2.45) is 0 Å². The van der Waals surface area contributed by atoms with Crippen LogP contribution in [0.3, 0.4) is 0 Å². The number of rotatable bonds is 1. The highest BCUT2D eigenvalue weighted by molar-refractivity contribution is 6.10. The number of piperazine rings is 1. The van der Waals surface area contributed by atoms with E-state index in [1.54, 1.807) is 11.0 Å². The van der Waals surface area contributed by atoms with Gasteiger partial charge in [0.1, 0.15) is 6.04 Å². The first-order valence-electron chi connectivity index (χ1n) is 8.57. The summed E-state index contributed by atoms with van der Waals surface area (Å²) in [5.74, 6) is 1.14.